The molecule has 3 rings (SSSR count). The molecule has 1 heterocycles. The Morgan fingerprint density at radius 3 is 2.59 bits per heavy atom. The maximum atomic E-state index is 12.2. The highest BCUT2D eigenvalue weighted by Crippen LogP contribution is 2.14. The first-order chi connectivity index (χ1) is 14.2. The third kappa shape index (κ3) is 5.68. The van der Waals surface area contributed by atoms with Crippen molar-refractivity contribution in [2.24, 2.45) is 4.99 Å². The highest BCUT2D eigenvalue weighted by molar-refractivity contribution is 5.74. The summed E-state index contributed by atoms with van der Waals surface area (Å²) in [6.45, 7) is 2.94. The van der Waals surface area contributed by atoms with E-state index in [0.29, 0.717) is 24.4 Å². The van der Waals surface area contributed by atoms with Crippen LogP contribution in [0.1, 0.15) is 18.9 Å². The zero-order valence-electron chi connectivity index (χ0n) is 16.5. The molecular formula is C22H24N4O3. The van der Waals surface area contributed by atoms with Crippen LogP contribution >= 0.6 is 0 Å². The van der Waals surface area contributed by atoms with Crippen molar-refractivity contribution in [3.8, 4) is 17.3 Å². The summed E-state index contributed by atoms with van der Waals surface area (Å²) >= 11 is 0. The predicted octanol–water partition coefficient (Wildman–Crippen LogP) is 3.48. The number of urea groups is 1. The molecule has 0 aliphatic carbocycles. The number of ether oxygens (including phenoxy) is 2. The smallest absolute Gasteiger partial charge is 0.341 e. The van der Waals surface area contributed by atoms with E-state index in [1.165, 1.54) is 0 Å². The van der Waals surface area contributed by atoms with Gasteiger partial charge in [0, 0.05) is 12.6 Å². The molecule has 0 unspecified atom stereocenters. The van der Waals surface area contributed by atoms with Gasteiger partial charge in [-0.1, -0.05) is 37.3 Å². The van der Waals surface area contributed by atoms with Crippen molar-refractivity contribution >= 4 is 6.03 Å². The molecule has 0 aliphatic heterocycles. The maximum absolute atomic E-state index is 12.2. The summed E-state index contributed by atoms with van der Waals surface area (Å²) in [5, 5.41) is 7.59. The first kappa shape index (κ1) is 20.1. The van der Waals surface area contributed by atoms with E-state index >= 15 is 0 Å². The molecule has 0 fully saturated rings. The van der Waals surface area contributed by atoms with Gasteiger partial charge in [0.25, 0.3) is 0 Å². The number of para-hydroxylation sites is 1. The summed E-state index contributed by atoms with van der Waals surface area (Å²) in [6.07, 6.45) is 2.40. The Kier molecular flexibility index (Phi) is 7.00. The van der Waals surface area contributed by atoms with Crippen molar-refractivity contribution in [2.45, 2.75) is 19.9 Å². The lowest BCUT2D eigenvalue weighted by Gasteiger charge is -2.12. The highest BCUT2D eigenvalue weighted by Gasteiger charge is 2.06. The van der Waals surface area contributed by atoms with Gasteiger partial charge in [0.15, 0.2) is 0 Å². The standard InChI is InChI=1S/C22H24N4O3/c1-3-13-29-21-14-18(16-24-26(21)19-7-5-4-6-8-19)25-22(27)23-15-17-9-11-20(28-2)12-10-17/h4-12,14,16H,3,13,15H2,1-2H3,(H,23,27)/b25-18-. The molecule has 2 aromatic carbocycles. The zero-order chi connectivity index (χ0) is 20.5. The summed E-state index contributed by atoms with van der Waals surface area (Å²) < 4.78 is 12.6. The zero-order valence-corrected chi connectivity index (χ0v) is 16.5. The fourth-order valence-corrected chi connectivity index (χ4v) is 2.61. The van der Waals surface area contributed by atoms with Crippen molar-refractivity contribution < 1.29 is 14.3 Å². The fourth-order valence-electron chi connectivity index (χ4n) is 2.61. The highest BCUT2D eigenvalue weighted by atomic mass is 16.5. The molecule has 7 nitrogen and oxygen atoms in total. The van der Waals surface area contributed by atoms with Crippen LogP contribution in [0.4, 0.5) is 4.79 Å². The van der Waals surface area contributed by atoms with Gasteiger partial charge in [0.05, 0.1) is 31.0 Å². The third-order valence-electron chi connectivity index (χ3n) is 4.07. The predicted molar refractivity (Wildman–Crippen MR) is 110 cm³/mol. The van der Waals surface area contributed by atoms with Crippen molar-refractivity contribution in [1.29, 1.82) is 0 Å². The number of amides is 2. The van der Waals surface area contributed by atoms with Crippen molar-refractivity contribution in [3.05, 3.63) is 77.8 Å². The number of carbonyl (C=O) groups is 1. The van der Waals surface area contributed by atoms with Gasteiger partial charge in [-0.2, -0.15) is 10.1 Å². The molecule has 7 heteroatoms. The molecule has 1 N–H and O–H groups in total. The molecule has 3 aromatic rings. The molecule has 0 aliphatic rings. The molecule has 150 valence electrons. The Balaban J connectivity index is 1.75. The van der Waals surface area contributed by atoms with E-state index in [1.807, 2.05) is 61.5 Å². The van der Waals surface area contributed by atoms with E-state index in [2.05, 4.69) is 15.4 Å². The molecule has 0 radical (unpaired) electrons. The van der Waals surface area contributed by atoms with Crippen LogP contribution in [-0.4, -0.2) is 29.5 Å². The summed E-state index contributed by atoms with van der Waals surface area (Å²) in [6, 6.07) is 18.4. The summed E-state index contributed by atoms with van der Waals surface area (Å²) in [7, 11) is 1.61. The Bertz CT molecular complexity index is 999. The lowest BCUT2D eigenvalue weighted by Crippen LogP contribution is -2.22. The number of carbonyl (C=O) groups excluding carboxylic acids is 1. The molecule has 0 spiro atoms. The second-order valence-electron chi connectivity index (χ2n) is 6.27. The lowest BCUT2D eigenvalue weighted by molar-refractivity contribution is 0.248. The number of rotatable bonds is 7. The van der Waals surface area contributed by atoms with Gasteiger partial charge in [-0.25, -0.2) is 9.48 Å². The molecule has 0 saturated carbocycles. The SMILES string of the molecule is CCCOc1c/c(=N/C(=O)NCc2ccc(OC)cc2)cnn1-c1ccccc1. The second-order valence-corrected chi connectivity index (χ2v) is 6.27. The summed E-state index contributed by atoms with van der Waals surface area (Å²) in [5.41, 5.74) is 1.82. The number of methoxy groups -OCH3 is 1. The van der Waals surface area contributed by atoms with Crippen LogP contribution in [0.5, 0.6) is 11.6 Å². The Morgan fingerprint density at radius 1 is 1.14 bits per heavy atom. The molecule has 0 bridgehead atoms. The minimum atomic E-state index is -0.443. The average Bonchev–Trinajstić information content (AvgIpc) is 2.77. The van der Waals surface area contributed by atoms with Crippen LogP contribution in [0.3, 0.4) is 0 Å². The maximum Gasteiger partial charge on any atom is 0.341 e. The third-order valence-corrected chi connectivity index (χ3v) is 4.07. The molecule has 1 aromatic heterocycles. The van der Waals surface area contributed by atoms with Crippen LogP contribution in [-0.2, 0) is 6.54 Å². The van der Waals surface area contributed by atoms with Crippen LogP contribution in [0.15, 0.2) is 71.9 Å². The van der Waals surface area contributed by atoms with Crippen molar-refractivity contribution in [1.82, 2.24) is 15.1 Å². The summed E-state index contributed by atoms with van der Waals surface area (Å²) in [5.74, 6) is 1.30. The monoisotopic (exact) mass is 392 g/mol. The van der Waals surface area contributed by atoms with Crippen LogP contribution in [0.25, 0.3) is 5.69 Å². The number of nitrogens with one attached hydrogen (secondary N) is 1. The number of nitrogens with zero attached hydrogens (tertiary/aromatic N) is 3. The van der Waals surface area contributed by atoms with Gasteiger partial charge in [-0.3, -0.25) is 0 Å². The van der Waals surface area contributed by atoms with Gasteiger partial charge in [-0.15, -0.1) is 0 Å². The van der Waals surface area contributed by atoms with Crippen LogP contribution < -0.4 is 20.1 Å². The number of aromatic nitrogens is 2. The summed E-state index contributed by atoms with van der Waals surface area (Å²) in [4.78, 5) is 16.3. The topological polar surface area (TPSA) is 77.7 Å². The van der Waals surface area contributed by atoms with Crippen molar-refractivity contribution in [2.75, 3.05) is 13.7 Å². The van der Waals surface area contributed by atoms with E-state index in [4.69, 9.17) is 9.47 Å². The van der Waals surface area contributed by atoms with Gasteiger partial charge in [0.2, 0.25) is 5.88 Å². The first-order valence-corrected chi connectivity index (χ1v) is 9.42. The van der Waals surface area contributed by atoms with Crippen LogP contribution in [0.2, 0.25) is 0 Å². The quantitative estimate of drug-likeness (QED) is 0.668. The van der Waals surface area contributed by atoms with E-state index in [-0.39, 0.29) is 0 Å². The van der Waals surface area contributed by atoms with Gasteiger partial charge < -0.3 is 14.8 Å². The van der Waals surface area contributed by atoms with E-state index < -0.39 is 6.03 Å². The molecule has 2 amide bonds. The Labute approximate surface area is 169 Å². The lowest BCUT2D eigenvalue weighted by atomic mass is 10.2. The molecule has 29 heavy (non-hydrogen) atoms. The Morgan fingerprint density at radius 2 is 1.90 bits per heavy atom. The molecule has 0 saturated heterocycles. The first-order valence-electron chi connectivity index (χ1n) is 9.42. The number of hydrogen-bond donors (Lipinski definition) is 1. The van der Waals surface area contributed by atoms with Crippen molar-refractivity contribution in [3.63, 3.8) is 0 Å². The Hall–Kier alpha value is -3.61. The second kappa shape index (κ2) is 10.1. The van der Waals surface area contributed by atoms with Gasteiger partial charge >= 0.3 is 6.03 Å². The number of hydrogen-bond acceptors (Lipinski definition) is 4. The van der Waals surface area contributed by atoms with E-state index in [0.717, 1.165) is 23.4 Å². The molecular weight excluding hydrogens is 368 g/mol. The largest absolute Gasteiger partial charge is 0.497 e. The molecule has 0 atom stereocenters. The normalized spacial score (nSPS) is 11.2. The van der Waals surface area contributed by atoms with Gasteiger partial charge in [0.1, 0.15) is 5.75 Å². The van der Waals surface area contributed by atoms with Crippen LogP contribution in [0, 0.1) is 0 Å². The fraction of sp³-hybridized carbons (Fsp3) is 0.227. The van der Waals surface area contributed by atoms with Gasteiger partial charge in [-0.05, 0) is 36.2 Å². The van der Waals surface area contributed by atoms with E-state index in [1.54, 1.807) is 24.1 Å². The number of benzene rings is 2. The minimum absolute atomic E-state index is 0.371. The average molecular weight is 392 g/mol. The van der Waals surface area contributed by atoms with E-state index in [9.17, 15) is 4.79 Å². The minimum Gasteiger partial charge on any atom is -0.497 e.